The number of carbonyl (C=O) groups excluding carboxylic acids is 1. The van der Waals surface area contributed by atoms with Gasteiger partial charge >= 0.3 is 0 Å². The number of rotatable bonds is 3. The van der Waals surface area contributed by atoms with Crippen molar-refractivity contribution in [1.29, 1.82) is 0 Å². The highest BCUT2D eigenvalue weighted by atomic mass is 32.1. The van der Waals surface area contributed by atoms with Crippen molar-refractivity contribution in [3.63, 3.8) is 0 Å². The van der Waals surface area contributed by atoms with Crippen LogP contribution in [0.15, 0.2) is 29.2 Å². The number of hydrogen-bond donors (Lipinski definition) is 1. The van der Waals surface area contributed by atoms with E-state index in [4.69, 9.17) is 4.74 Å². The second kappa shape index (κ2) is 6.25. The smallest absolute Gasteiger partial charge is 0.227 e. The number of nitrogens with zero attached hydrogens (tertiary/aromatic N) is 1. The highest BCUT2D eigenvalue weighted by molar-refractivity contribution is 7.80. The molecule has 1 heterocycles. The third-order valence-electron chi connectivity index (χ3n) is 3.31. The van der Waals surface area contributed by atoms with Gasteiger partial charge in [-0.25, -0.2) is 0 Å². The Morgan fingerprint density at radius 1 is 1.44 bits per heavy atom. The van der Waals surface area contributed by atoms with E-state index >= 15 is 0 Å². The molecule has 18 heavy (non-hydrogen) atoms. The molecule has 1 fully saturated rings. The topological polar surface area (TPSA) is 29.5 Å². The van der Waals surface area contributed by atoms with Crippen LogP contribution in [0.2, 0.25) is 0 Å². The van der Waals surface area contributed by atoms with Crippen LogP contribution in [-0.2, 0) is 16.0 Å². The summed E-state index contributed by atoms with van der Waals surface area (Å²) in [5.41, 5.74) is 1.04. The molecule has 1 aliphatic rings. The third-order valence-corrected chi connectivity index (χ3v) is 3.61. The third kappa shape index (κ3) is 3.27. The van der Waals surface area contributed by atoms with Crippen molar-refractivity contribution < 1.29 is 9.53 Å². The zero-order chi connectivity index (χ0) is 13.0. The van der Waals surface area contributed by atoms with Crippen LogP contribution in [-0.4, -0.2) is 36.6 Å². The Balaban J connectivity index is 2.00. The van der Waals surface area contributed by atoms with Crippen molar-refractivity contribution in [3.8, 4) is 0 Å². The Kier molecular flexibility index (Phi) is 4.66. The lowest BCUT2D eigenvalue weighted by Gasteiger charge is -2.35. The molecular formula is C14H19NO2S. The fourth-order valence-corrected chi connectivity index (χ4v) is 2.36. The number of ether oxygens (including phenoxy) is 1. The Bertz CT molecular complexity index is 405. The van der Waals surface area contributed by atoms with Gasteiger partial charge in [0.25, 0.3) is 0 Å². The summed E-state index contributed by atoms with van der Waals surface area (Å²) < 4.78 is 5.42. The van der Waals surface area contributed by atoms with E-state index in [-0.39, 0.29) is 11.9 Å². The normalized spacial score (nSPS) is 19.9. The van der Waals surface area contributed by atoms with E-state index in [1.165, 1.54) is 0 Å². The fraction of sp³-hybridized carbons (Fsp3) is 0.500. The van der Waals surface area contributed by atoms with Crippen molar-refractivity contribution in [2.45, 2.75) is 30.7 Å². The second-order valence-corrected chi connectivity index (χ2v) is 5.08. The lowest BCUT2D eigenvalue weighted by atomic mass is 10.1. The zero-order valence-electron chi connectivity index (χ0n) is 10.6. The lowest BCUT2D eigenvalue weighted by molar-refractivity contribution is -0.139. The number of hydrogen-bond acceptors (Lipinski definition) is 3. The van der Waals surface area contributed by atoms with Crippen LogP contribution in [0.4, 0.5) is 0 Å². The minimum Gasteiger partial charge on any atom is -0.377 e. The van der Waals surface area contributed by atoms with Crippen molar-refractivity contribution in [3.05, 3.63) is 29.8 Å². The van der Waals surface area contributed by atoms with Gasteiger partial charge in [0.05, 0.1) is 25.7 Å². The van der Waals surface area contributed by atoms with Gasteiger partial charge in [0.2, 0.25) is 5.91 Å². The summed E-state index contributed by atoms with van der Waals surface area (Å²) in [4.78, 5) is 15.1. The number of morpholine rings is 1. The van der Waals surface area contributed by atoms with Crippen LogP contribution in [0.1, 0.15) is 18.9 Å². The molecule has 0 N–H and O–H groups in total. The first-order chi connectivity index (χ1) is 8.70. The van der Waals surface area contributed by atoms with E-state index in [0.29, 0.717) is 26.2 Å². The molecule has 1 amide bonds. The van der Waals surface area contributed by atoms with Gasteiger partial charge in [-0.15, -0.1) is 12.6 Å². The standard InChI is InChI=1S/C14H19NO2S/c1-2-12-10-17-8-7-15(12)14(16)9-11-3-5-13(18)6-4-11/h3-6,12,18H,2,7-10H2,1H3. The van der Waals surface area contributed by atoms with Crippen LogP contribution in [0.3, 0.4) is 0 Å². The van der Waals surface area contributed by atoms with E-state index in [9.17, 15) is 4.79 Å². The van der Waals surface area contributed by atoms with Crippen molar-refractivity contribution >= 4 is 18.5 Å². The molecule has 0 spiro atoms. The molecule has 3 nitrogen and oxygen atoms in total. The molecule has 1 atom stereocenters. The molecule has 1 aliphatic heterocycles. The molecule has 0 saturated carbocycles. The quantitative estimate of drug-likeness (QED) is 0.849. The summed E-state index contributed by atoms with van der Waals surface area (Å²) in [6.45, 7) is 4.12. The maximum absolute atomic E-state index is 12.3. The van der Waals surface area contributed by atoms with Gasteiger partial charge in [-0.3, -0.25) is 4.79 Å². The van der Waals surface area contributed by atoms with Crippen LogP contribution in [0, 0.1) is 0 Å². The zero-order valence-corrected chi connectivity index (χ0v) is 11.5. The van der Waals surface area contributed by atoms with E-state index in [1.807, 2.05) is 29.2 Å². The van der Waals surface area contributed by atoms with Crippen molar-refractivity contribution in [2.75, 3.05) is 19.8 Å². The monoisotopic (exact) mass is 265 g/mol. The van der Waals surface area contributed by atoms with E-state index < -0.39 is 0 Å². The van der Waals surface area contributed by atoms with Crippen molar-refractivity contribution in [2.24, 2.45) is 0 Å². The van der Waals surface area contributed by atoms with E-state index in [1.54, 1.807) is 0 Å². The summed E-state index contributed by atoms with van der Waals surface area (Å²) >= 11 is 4.24. The molecule has 1 aromatic carbocycles. The van der Waals surface area contributed by atoms with Crippen LogP contribution in [0.5, 0.6) is 0 Å². The highest BCUT2D eigenvalue weighted by Gasteiger charge is 2.25. The molecule has 1 saturated heterocycles. The number of carbonyl (C=O) groups is 1. The van der Waals surface area contributed by atoms with Crippen LogP contribution >= 0.6 is 12.6 Å². The van der Waals surface area contributed by atoms with E-state index in [2.05, 4.69) is 19.6 Å². The van der Waals surface area contributed by atoms with Crippen molar-refractivity contribution in [1.82, 2.24) is 4.90 Å². The molecule has 0 radical (unpaired) electrons. The predicted molar refractivity (Wildman–Crippen MR) is 74.0 cm³/mol. The Morgan fingerprint density at radius 2 is 2.17 bits per heavy atom. The largest absolute Gasteiger partial charge is 0.377 e. The number of benzene rings is 1. The minimum atomic E-state index is 0.192. The first kappa shape index (κ1) is 13.4. The maximum Gasteiger partial charge on any atom is 0.227 e. The Labute approximate surface area is 114 Å². The molecule has 1 aromatic rings. The first-order valence-corrected chi connectivity index (χ1v) is 6.80. The van der Waals surface area contributed by atoms with Gasteiger partial charge in [-0.2, -0.15) is 0 Å². The van der Waals surface area contributed by atoms with E-state index in [0.717, 1.165) is 16.9 Å². The second-order valence-electron chi connectivity index (χ2n) is 4.57. The maximum atomic E-state index is 12.3. The lowest BCUT2D eigenvalue weighted by Crippen LogP contribution is -2.48. The highest BCUT2D eigenvalue weighted by Crippen LogP contribution is 2.14. The molecule has 1 unspecified atom stereocenters. The molecular weight excluding hydrogens is 246 g/mol. The summed E-state index contributed by atoms with van der Waals surface area (Å²) in [6.07, 6.45) is 1.41. The van der Waals surface area contributed by atoms with Gasteiger partial charge in [0.1, 0.15) is 0 Å². The number of thiol groups is 1. The number of amides is 1. The van der Waals surface area contributed by atoms with Gasteiger partial charge < -0.3 is 9.64 Å². The van der Waals surface area contributed by atoms with Gasteiger partial charge in [0.15, 0.2) is 0 Å². The summed E-state index contributed by atoms with van der Waals surface area (Å²) in [5, 5.41) is 0. The fourth-order valence-electron chi connectivity index (χ4n) is 2.21. The van der Waals surface area contributed by atoms with Crippen LogP contribution in [0.25, 0.3) is 0 Å². The van der Waals surface area contributed by atoms with Gasteiger partial charge in [-0.05, 0) is 24.1 Å². The first-order valence-electron chi connectivity index (χ1n) is 6.36. The molecule has 98 valence electrons. The molecule has 0 aliphatic carbocycles. The molecule has 0 bridgehead atoms. The minimum absolute atomic E-state index is 0.192. The molecule has 0 aromatic heterocycles. The Hall–Kier alpha value is -1.00. The van der Waals surface area contributed by atoms with Gasteiger partial charge in [-0.1, -0.05) is 19.1 Å². The summed E-state index contributed by atoms with van der Waals surface area (Å²) in [5.74, 6) is 0.192. The Morgan fingerprint density at radius 3 is 2.83 bits per heavy atom. The van der Waals surface area contributed by atoms with Crippen LogP contribution < -0.4 is 0 Å². The molecule has 2 rings (SSSR count). The SMILES string of the molecule is CCC1COCCN1C(=O)Cc1ccc(S)cc1. The predicted octanol–water partition coefficient (Wildman–Crippen LogP) is 2.16. The summed E-state index contributed by atoms with van der Waals surface area (Å²) in [6, 6.07) is 7.99. The summed E-state index contributed by atoms with van der Waals surface area (Å²) in [7, 11) is 0. The van der Waals surface area contributed by atoms with Gasteiger partial charge in [0, 0.05) is 11.4 Å². The average Bonchev–Trinajstić information content (AvgIpc) is 2.41. The molecule has 4 heteroatoms. The average molecular weight is 265 g/mol.